The Hall–Kier alpha value is -1.66. The van der Waals surface area contributed by atoms with E-state index in [9.17, 15) is 13.5 Å². The zero-order chi connectivity index (χ0) is 25.5. The monoisotopic (exact) mass is 553 g/mol. The molecular weight excluding hydrogens is 522 g/mol. The van der Waals surface area contributed by atoms with Crippen LogP contribution in [0.1, 0.15) is 38.3 Å². The molecule has 3 aliphatic rings. The molecule has 2 atom stereocenters. The second-order valence-corrected chi connectivity index (χ2v) is 13.9. The summed E-state index contributed by atoms with van der Waals surface area (Å²) >= 11 is 8.07. The van der Waals surface area contributed by atoms with E-state index in [2.05, 4.69) is 26.8 Å². The average molecular weight is 554 g/mol. The lowest BCUT2D eigenvalue weighted by Gasteiger charge is -2.42. The van der Waals surface area contributed by atoms with E-state index in [-0.39, 0.29) is 23.8 Å². The van der Waals surface area contributed by atoms with Crippen molar-refractivity contribution in [3.63, 3.8) is 0 Å². The third-order valence-electron chi connectivity index (χ3n) is 7.43. The summed E-state index contributed by atoms with van der Waals surface area (Å²) in [6, 6.07) is 1.69. The molecule has 2 aromatic heterocycles. The molecule has 12 heteroatoms. The second kappa shape index (κ2) is 10.2. The second-order valence-electron chi connectivity index (χ2n) is 10.2. The number of sulfone groups is 1. The van der Waals surface area contributed by atoms with Crippen molar-refractivity contribution in [3.8, 4) is 0 Å². The third kappa shape index (κ3) is 5.45. The highest BCUT2D eigenvalue weighted by Gasteiger charge is 2.41. The number of hydrogen-bond donors (Lipinski definition) is 1. The number of aromatic nitrogens is 3. The Morgan fingerprint density at radius 1 is 1.25 bits per heavy atom. The van der Waals surface area contributed by atoms with E-state index in [4.69, 9.17) is 16.3 Å². The van der Waals surface area contributed by atoms with Gasteiger partial charge in [-0.25, -0.2) is 23.4 Å². The Balaban J connectivity index is 1.29. The van der Waals surface area contributed by atoms with Crippen LogP contribution in [0.4, 0.5) is 11.6 Å². The molecule has 5 rings (SSSR count). The summed E-state index contributed by atoms with van der Waals surface area (Å²) in [7, 11) is -3.10. The van der Waals surface area contributed by atoms with E-state index in [0.29, 0.717) is 34.2 Å². The fourth-order valence-electron chi connectivity index (χ4n) is 5.46. The molecule has 1 spiro atoms. The van der Waals surface area contributed by atoms with E-state index >= 15 is 0 Å². The highest BCUT2D eigenvalue weighted by molar-refractivity contribution is 7.99. The maximum atomic E-state index is 11.8. The quantitative estimate of drug-likeness (QED) is 0.549. The van der Waals surface area contributed by atoms with Crippen molar-refractivity contribution < 1.29 is 18.3 Å². The van der Waals surface area contributed by atoms with Gasteiger partial charge in [0.05, 0.1) is 36.3 Å². The molecule has 0 radical (unpaired) electrons. The van der Waals surface area contributed by atoms with Crippen molar-refractivity contribution in [1.82, 2.24) is 15.0 Å². The van der Waals surface area contributed by atoms with Gasteiger partial charge in [-0.3, -0.25) is 0 Å². The lowest BCUT2D eigenvalue weighted by atomic mass is 9.77. The molecule has 2 aromatic rings. The van der Waals surface area contributed by atoms with Crippen LogP contribution < -0.4 is 9.80 Å². The zero-order valence-corrected chi connectivity index (χ0v) is 22.9. The van der Waals surface area contributed by atoms with Crippen LogP contribution in [0.25, 0.3) is 0 Å². The molecule has 3 fully saturated rings. The van der Waals surface area contributed by atoms with Crippen LogP contribution in [0.15, 0.2) is 28.4 Å². The Labute approximate surface area is 221 Å². The van der Waals surface area contributed by atoms with Gasteiger partial charge in [-0.05, 0) is 44.1 Å². The van der Waals surface area contributed by atoms with Crippen LogP contribution in [0.5, 0.6) is 0 Å². The first-order chi connectivity index (χ1) is 17.2. The number of halogens is 1. The summed E-state index contributed by atoms with van der Waals surface area (Å²) < 4.78 is 29.4. The van der Waals surface area contributed by atoms with E-state index in [0.717, 1.165) is 56.1 Å². The number of rotatable bonds is 7. The number of anilines is 2. The van der Waals surface area contributed by atoms with Gasteiger partial charge in [0.1, 0.15) is 26.4 Å². The normalized spacial score (nSPS) is 23.8. The molecule has 0 amide bonds. The highest BCUT2D eigenvalue weighted by atomic mass is 35.5. The number of nitrogens with zero attached hydrogens (tertiary/aromatic N) is 5. The first-order valence-corrected chi connectivity index (χ1v) is 15.5. The topological polar surface area (TPSA) is 109 Å². The Morgan fingerprint density at radius 3 is 2.64 bits per heavy atom. The van der Waals surface area contributed by atoms with Crippen LogP contribution in [0, 0.1) is 5.41 Å². The third-order valence-corrected chi connectivity index (χ3v) is 9.87. The molecule has 0 bridgehead atoms. The van der Waals surface area contributed by atoms with Crippen molar-refractivity contribution in [2.45, 2.75) is 61.3 Å². The highest BCUT2D eigenvalue weighted by Crippen LogP contribution is 2.43. The number of piperidine rings is 1. The minimum atomic E-state index is -3.10. The largest absolute Gasteiger partial charge is 0.390 e. The van der Waals surface area contributed by atoms with Crippen molar-refractivity contribution in [3.05, 3.63) is 29.2 Å². The van der Waals surface area contributed by atoms with Gasteiger partial charge in [-0.1, -0.05) is 23.4 Å². The summed E-state index contributed by atoms with van der Waals surface area (Å²) in [6.45, 7) is 5.23. The lowest BCUT2D eigenvalue weighted by Crippen LogP contribution is -2.51. The molecule has 196 valence electrons. The van der Waals surface area contributed by atoms with Crippen molar-refractivity contribution >= 4 is 44.8 Å². The fourth-order valence-corrected chi connectivity index (χ4v) is 7.64. The van der Waals surface area contributed by atoms with Gasteiger partial charge in [0.25, 0.3) is 0 Å². The minimum absolute atomic E-state index is 0.0822. The Kier molecular flexibility index (Phi) is 7.39. The summed E-state index contributed by atoms with van der Waals surface area (Å²) in [6.07, 6.45) is 8.96. The number of aliphatic hydroxyl groups excluding tert-OH is 1. The predicted octanol–water partition coefficient (Wildman–Crippen LogP) is 3.19. The van der Waals surface area contributed by atoms with E-state index < -0.39 is 9.84 Å². The molecule has 0 aliphatic carbocycles. The first kappa shape index (κ1) is 26.0. The standard InChI is InChI=1S/C24H32ClN5O4S2/c1-16-11-24(15-34-16)5-9-29(10-6-24)22-18(13-31)28-20(12-27-22)35-19-3-7-26-23(21(19)25)30-8-4-17(30)14-36(2,32)33/h3,7,12,16-17,31H,4-6,8-11,13-15H2,1-2H3/t16-,17?/m0/s1. The van der Waals surface area contributed by atoms with Gasteiger partial charge in [0, 0.05) is 43.0 Å². The maximum Gasteiger partial charge on any atom is 0.152 e. The number of hydrogen-bond acceptors (Lipinski definition) is 10. The Morgan fingerprint density at radius 2 is 2.03 bits per heavy atom. The molecule has 5 heterocycles. The summed E-state index contributed by atoms with van der Waals surface area (Å²) in [5.74, 6) is 1.40. The lowest BCUT2D eigenvalue weighted by molar-refractivity contribution is 0.0975. The molecule has 36 heavy (non-hydrogen) atoms. The Bertz CT molecular complexity index is 1220. The summed E-state index contributed by atoms with van der Waals surface area (Å²) in [4.78, 5) is 18.7. The molecule has 3 aliphatic heterocycles. The summed E-state index contributed by atoms with van der Waals surface area (Å²) in [5, 5.41) is 11.2. The minimum Gasteiger partial charge on any atom is -0.390 e. The van der Waals surface area contributed by atoms with Crippen LogP contribution in [-0.4, -0.2) is 78.9 Å². The van der Waals surface area contributed by atoms with Crippen LogP contribution in [0.2, 0.25) is 5.02 Å². The van der Waals surface area contributed by atoms with Gasteiger partial charge in [-0.2, -0.15) is 0 Å². The van der Waals surface area contributed by atoms with Crippen LogP contribution in [-0.2, 0) is 21.2 Å². The molecule has 9 nitrogen and oxygen atoms in total. The van der Waals surface area contributed by atoms with E-state index in [1.165, 1.54) is 18.0 Å². The predicted molar refractivity (Wildman–Crippen MR) is 141 cm³/mol. The fraction of sp³-hybridized carbons (Fsp3) is 0.625. The molecule has 1 unspecified atom stereocenters. The number of aliphatic hydroxyl groups is 1. The van der Waals surface area contributed by atoms with E-state index in [1.807, 2.05) is 11.0 Å². The SMILES string of the molecule is C[C@H]1CC2(CCN(c3ncc(Sc4ccnc(N5CCC5CS(C)(=O)=O)c4Cl)nc3CO)CC2)CO1. The maximum absolute atomic E-state index is 11.8. The smallest absolute Gasteiger partial charge is 0.152 e. The van der Waals surface area contributed by atoms with Gasteiger partial charge in [0.15, 0.2) is 5.82 Å². The van der Waals surface area contributed by atoms with Crippen molar-refractivity contribution in [2.24, 2.45) is 5.41 Å². The van der Waals surface area contributed by atoms with Gasteiger partial charge in [0.2, 0.25) is 0 Å². The summed E-state index contributed by atoms with van der Waals surface area (Å²) in [5.41, 5.74) is 0.818. The van der Waals surface area contributed by atoms with Gasteiger partial charge in [-0.15, -0.1) is 0 Å². The van der Waals surface area contributed by atoms with Crippen LogP contribution in [0.3, 0.4) is 0 Å². The number of ether oxygens (including phenoxy) is 1. The number of pyridine rings is 1. The first-order valence-electron chi connectivity index (χ1n) is 12.3. The van der Waals surface area contributed by atoms with E-state index in [1.54, 1.807) is 12.4 Å². The molecule has 3 saturated heterocycles. The molecular formula is C24H32ClN5O4S2. The average Bonchev–Trinajstić information content (AvgIpc) is 3.19. The van der Waals surface area contributed by atoms with Gasteiger partial charge >= 0.3 is 0 Å². The van der Waals surface area contributed by atoms with Crippen LogP contribution >= 0.6 is 23.4 Å². The van der Waals surface area contributed by atoms with Crippen molar-refractivity contribution in [1.29, 1.82) is 0 Å². The molecule has 0 saturated carbocycles. The molecule has 0 aromatic carbocycles. The van der Waals surface area contributed by atoms with Crippen molar-refractivity contribution in [2.75, 3.05) is 48.0 Å². The zero-order valence-electron chi connectivity index (χ0n) is 20.6. The van der Waals surface area contributed by atoms with Gasteiger partial charge < -0.3 is 19.6 Å². The molecule has 1 N–H and O–H groups in total.